The zero-order valence-electron chi connectivity index (χ0n) is 11.5. The van der Waals surface area contributed by atoms with Gasteiger partial charge in [-0.2, -0.15) is 0 Å². The number of ether oxygens (including phenoxy) is 1. The minimum absolute atomic E-state index is 0.0596. The van der Waals surface area contributed by atoms with Crippen molar-refractivity contribution in [3.8, 4) is 0 Å². The number of rotatable bonds is 8. The molecule has 0 heterocycles. The van der Waals surface area contributed by atoms with Crippen LogP contribution in [0.15, 0.2) is 30.3 Å². The molecule has 6 nitrogen and oxygen atoms in total. The standard InChI is InChI=1S/C13H19O6P/c1-17-20(16,18-2)9-8-12(14)10-19-13(15)11-6-4-3-5-7-11/h3-7,12,14H,8-10H2,1-2H3. The van der Waals surface area contributed by atoms with Gasteiger partial charge in [-0.15, -0.1) is 0 Å². The molecule has 1 atom stereocenters. The quantitative estimate of drug-likeness (QED) is 0.585. The molecule has 7 heteroatoms. The van der Waals surface area contributed by atoms with Gasteiger partial charge in [-0.05, 0) is 18.6 Å². The van der Waals surface area contributed by atoms with E-state index in [9.17, 15) is 14.5 Å². The minimum Gasteiger partial charge on any atom is -0.459 e. The van der Waals surface area contributed by atoms with Crippen LogP contribution in [-0.4, -0.2) is 44.2 Å². The van der Waals surface area contributed by atoms with Crippen molar-refractivity contribution < 1.29 is 28.3 Å². The molecular weight excluding hydrogens is 283 g/mol. The molecule has 1 N–H and O–H groups in total. The largest absolute Gasteiger partial charge is 0.459 e. The molecule has 1 rings (SSSR count). The van der Waals surface area contributed by atoms with Crippen LogP contribution in [0.1, 0.15) is 16.8 Å². The summed E-state index contributed by atoms with van der Waals surface area (Å²) in [5.41, 5.74) is 0.416. The van der Waals surface area contributed by atoms with Gasteiger partial charge in [0.15, 0.2) is 0 Å². The van der Waals surface area contributed by atoms with E-state index in [0.717, 1.165) is 0 Å². The van der Waals surface area contributed by atoms with Gasteiger partial charge in [0, 0.05) is 14.2 Å². The summed E-state index contributed by atoms with van der Waals surface area (Å²) in [4.78, 5) is 11.6. The molecule has 0 bridgehead atoms. The van der Waals surface area contributed by atoms with Crippen molar-refractivity contribution >= 4 is 13.6 Å². The first-order valence-corrected chi connectivity index (χ1v) is 7.84. The molecule has 0 saturated carbocycles. The fraction of sp³-hybridized carbons (Fsp3) is 0.462. The average Bonchev–Trinajstić information content (AvgIpc) is 2.51. The maximum atomic E-state index is 11.8. The molecule has 1 unspecified atom stereocenters. The lowest BCUT2D eigenvalue weighted by atomic mass is 10.2. The number of carbonyl (C=O) groups excluding carboxylic acids is 1. The highest BCUT2D eigenvalue weighted by Crippen LogP contribution is 2.46. The first-order chi connectivity index (χ1) is 9.50. The van der Waals surface area contributed by atoms with E-state index < -0.39 is 19.7 Å². The molecule has 0 aliphatic carbocycles. The summed E-state index contributed by atoms with van der Waals surface area (Å²) in [5.74, 6) is -0.508. The third kappa shape index (κ3) is 5.43. The number of aliphatic hydroxyl groups excluding tert-OH is 1. The van der Waals surface area contributed by atoms with Crippen LogP contribution in [0.3, 0.4) is 0 Å². The third-order valence-electron chi connectivity index (χ3n) is 2.71. The van der Waals surface area contributed by atoms with Crippen LogP contribution in [0.25, 0.3) is 0 Å². The molecule has 0 saturated heterocycles. The van der Waals surface area contributed by atoms with E-state index in [-0.39, 0.29) is 19.2 Å². The summed E-state index contributed by atoms with van der Waals surface area (Å²) in [7, 11) is -0.573. The first-order valence-electron chi connectivity index (χ1n) is 6.11. The number of benzene rings is 1. The number of esters is 1. The number of hydrogen-bond acceptors (Lipinski definition) is 6. The predicted molar refractivity (Wildman–Crippen MR) is 73.8 cm³/mol. The molecule has 0 fully saturated rings. The lowest BCUT2D eigenvalue weighted by molar-refractivity contribution is 0.0249. The maximum Gasteiger partial charge on any atom is 0.338 e. The van der Waals surface area contributed by atoms with E-state index in [1.165, 1.54) is 14.2 Å². The number of carbonyl (C=O) groups is 1. The highest BCUT2D eigenvalue weighted by molar-refractivity contribution is 7.53. The van der Waals surface area contributed by atoms with E-state index in [1.54, 1.807) is 30.3 Å². The Hall–Kier alpha value is -1.20. The highest BCUT2D eigenvalue weighted by atomic mass is 31.2. The topological polar surface area (TPSA) is 82.1 Å². The van der Waals surface area contributed by atoms with Gasteiger partial charge in [-0.25, -0.2) is 4.79 Å². The molecule has 0 aromatic heterocycles. The van der Waals surface area contributed by atoms with Gasteiger partial charge in [-0.1, -0.05) is 18.2 Å². The van der Waals surface area contributed by atoms with Crippen molar-refractivity contribution in [2.75, 3.05) is 27.0 Å². The average molecular weight is 302 g/mol. The Kier molecular flexibility index (Phi) is 6.88. The van der Waals surface area contributed by atoms with Crippen LogP contribution in [-0.2, 0) is 18.3 Å². The van der Waals surface area contributed by atoms with Crippen LogP contribution in [0.5, 0.6) is 0 Å². The molecule has 0 radical (unpaired) electrons. The van der Waals surface area contributed by atoms with Crippen molar-refractivity contribution in [1.29, 1.82) is 0 Å². The van der Waals surface area contributed by atoms with Gasteiger partial charge >= 0.3 is 13.6 Å². The van der Waals surface area contributed by atoms with E-state index in [2.05, 4.69) is 0 Å². The second-order valence-electron chi connectivity index (χ2n) is 4.11. The van der Waals surface area contributed by atoms with Crippen molar-refractivity contribution in [3.63, 3.8) is 0 Å². The van der Waals surface area contributed by atoms with E-state index in [4.69, 9.17) is 13.8 Å². The van der Waals surface area contributed by atoms with Crippen molar-refractivity contribution in [1.82, 2.24) is 0 Å². The van der Waals surface area contributed by atoms with E-state index >= 15 is 0 Å². The second kappa shape index (κ2) is 8.17. The fourth-order valence-electron chi connectivity index (χ4n) is 1.48. The maximum absolute atomic E-state index is 11.8. The van der Waals surface area contributed by atoms with Crippen LogP contribution in [0.2, 0.25) is 0 Å². The van der Waals surface area contributed by atoms with Gasteiger partial charge in [0.25, 0.3) is 0 Å². The summed E-state index contributed by atoms with van der Waals surface area (Å²) in [6.45, 7) is -0.166. The SMILES string of the molecule is COP(=O)(CCC(O)COC(=O)c1ccccc1)OC. The van der Waals surface area contributed by atoms with E-state index in [0.29, 0.717) is 5.56 Å². The lowest BCUT2D eigenvalue weighted by Gasteiger charge is -2.16. The Balaban J connectivity index is 2.35. The smallest absolute Gasteiger partial charge is 0.338 e. The summed E-state index contributed by atoms with van der Waals surface area (Å²) in [5, 5.41) is 9.69. The summed E-state index contributed by atoms with van der Waals surface area (Å²) < 4.78 is 26.2. The molecule has 0 aliphatic heterocycles. The molecule has 1 aromatic carbocycles. The summed E-state index contributed by atoms with van der Waals surface area (Å²) >= 11 is 0. The monoisotopic (exact) mass is 302 g/mol. The van der Waals surface area contributed by atoms with Crippen molar-refractivity contribution in [2.45, 2.75) is 12.5 Å². The Morgan fingerprint density at radius 1 is 1.25 bits per heavy atom. The fourth-order valence-corrected chi connectivity index (χ4v) is 2.61. The summed E-state index contributed by atoms with van der Waals surface area (Å²) in [6.07, 6.45) is -0.702. The Morgan fingerprint density at radius 2 is 1.85 bits per heavy atom. The van der Waals surface area contributed by atoms with Gasteiger partial charge in [-0.3, -0.25) is 4.57 Å². The number of hydrogen-bond donors (Lipinski definition) is 1. The molecule has 1 aromatic rings. The van der Waals surface area contributed by atoms with Crippen molar-refractivity contribution in [2.24, 2.45) is 0 Å². The third-order valence-corrected chi connectivity index (χ3v) is 4.63. The van der Waals surface area contributed by atoms with Crippen molar-refractivity contribution in [3.05, 3.63) is 35.9 Å². The lowest BCUT2D eigenvalue weighted by Crippen LogP contribution is -2.20. The highest BCUT2D eigenvalue weighted by Gasteiger charge is 2.22. The molecule has 112 valence electrons. The molecular formula is C13H19O6P. The van der Waals surface area contributed by atoms with Gasteiger partial charge in [0.1, 0.15) is 6.61 Å². The van der Waals surface area contributed by atoms with E-state index in [1.807, 2.05) is 0 Å². The predicted octanol–water partition coefficient (Wildman–Crippen LogP) is 2.08. The van der Waals surface area contributed by atoms with Gasteiger partial charge in [0.05, 0.1) is 17.8 Å². The Labute approximate surface area is 118 Å². The second-order valence-corrected chi connectivity index (χ2v) is 6.51. The van der Waals surface area contributed by atoms with Crippen LogP contribution in [0, 0.1) is 0 Å². The Bertz CT molecular complexity index is 453. The molecule has 20 heavy (non-hydrogen) atoms. The van der Waals surface area contributed by atoms with Gasteiger partial charge in [0.2, 0.25) is 0 Å². The normalized spacial score (nSPS) is 12.9. The van der Waals surface area contributed by atoms with Crippen LogP contribution < -0.4 is 0 Å². The van der Waals surface area contributed by atoms with Crippen LogP contribution >= 0.6 is 7.60 Å². The zero-order valence-corrected chi connectivity index (χ0v) is 12.4. The van der Waals surface area contributed by atoms with Crippen LogP contribution in [0.4, 0.5) is 0 Å². The summed E-state index contributed by atoms with van der Waals surface area (Å²) in [6, 6.07) is 8.48. The zero-order chi connectivity index (χ0) is 15.0. The minimum atomic E-state index is -3.14. The Morgan fingerprint density at radius 3 is 2.40 bits per heavy atom. The first kappa shape index (κ1) is 16.9. The number of aliphatic hydroxyl groups is 1. The molecule has 0 spiro atoms. The molecule has 0 aliphatic rings. The van der Waals surface area contributed by atoms with Gasteiger partial charge < -0.3 is 18.9 Å². The molecule has 0 amide bonds.